The van der Waals surface area contributed by atoms with Gasteiger partial charge < -0.3 is 5.32 Å². The second-order valence-electron chi connectivity index (χ2n) is 6.61. The first-order valence-electron chi connectivity index (χ1n) is 8.40. The van der Waals surface area contributed by atoms with Crippen molar-refractivity contribution in [1.82, 2.24) is 15.2 Å². The van der Waals surface area contributed by atoms with Gasteiger partial charge in [0.05, 0.1) is 8.66 Å². The van der Waals surface area contributed by atoms with Crippen molar-refractivity contribution >= 4 is 33.2 Å². The summed E-state index contributed by atoms with van der Waals surface area (Å²) in [5.74, 6) is 0.643. The van der Waals surface area contributed by atoms with Crippen LogP contribution < -0.4 is 5.32 Å². The Kier molecular flexibility index (Phi) is 4.70. The van der Waals surface area contributed by atoms with Crippen LogP contribution >= 0.6 is 27.3 Å². The molecule has 0 spiro atoms. The average molecular weight is 406 g/mol. The molecular formula is C18H20BrN3OS. The van der Waals surface area contributed by atoms with Gasteiger partial charge in [0.15, 0.2) is 0 Å². The van der Waals surface area contributed by atoms with E-state index in [2.05, 4.69) is 37.2 Å². The van der Waals surface area contributed by atoms with Crippen molar-refractivity contribution in [2.24, 2.45) is 5.92 Å². The molecule has 3 fully saturated rings. The summed E-state index contributed by atoms with van der Waals surface area (Å²) in [5.41, 5.74) is 1.24. The fraction of sp³-hybridized carbons (Fsp3) is 0.444. The molecule has 3 aliphatic heterocycles. The van der Waals surface area contributed by atoms with Crippen molar-refractivity contribution in [3.8, 4) is 0 Å². The van der Waals surface area contributed by atoms with Crippen molar-refractivity contribution in [2.75, 3.05) is 13.1 Å². The molecule has 1 N–H and O–H groups in total. The van der Waals surface area contributed by atoms with Gasteiger partial charge in [-0.15, -0.1) is 11.3 Å². The van der Waals surface area contributed by atoms with Crippen molar-refractivity contribution < 1.29 is 4.79 Å². The van der Waals surface area contributed by atoms with Gasteiger partial charge in [0.25, 0.3) is 5.91 Å². The van der Waals surface area contributed by atoms with Gasteiger partial charge in [0.1, 0.15) is 0 Å². The second kappa shape index (κ2) is 6.94. The number of amides is 1. The van der Waals surface area contributed by atoms with Crippen LogP contribution in [0.1, 0.15) is 28.1 Å². The van der Waals surface area contributed by atoms with E-state index in [0.717, 1.165) is 28.2 Å². The van der Waals surface area contributed by atoms with E-state index < -0.39 is 0 Å². The van der Waals surface area contributed by atoms with Crippen molar-refractivity contribution in [1.29, 1.82) is 0 Å². The number of fused-ring (bicyclic) bond motifs is 3. The van der Waals surface area contributed by atoms with Crippen LogP contribution in [0.5, 0.6) is 0 Å². The Hall–Kier alpha value is -1.24. The molecule has 2 aromatic heterocycles. The number of piperidine rings is 3. The molecule has 126 valence electrons. The molecule has 24 heavy (non-hydrogen) atoms. The number of nitrogens with one attached hydrogen (secondary N) is 1. The summed E-state index contributed by atoms with van der Waals surface area (Å²) < 4.78 is 0.994. The zero-order valence-electron chi connectivity index (χ0n) is 13.3. The van der Waals surface area contributed by atoms with Crippen LogP contribution in [-0.2, 0) is 6.42 Å². The first-order chi connectivity index (χ1) is 11.7. The molecule has 0 aliphatic carbocycles. The van der Waals surface area contributed by atoms with Crippen molar-refractivity contribution in [2.45, 2.75) is 31.3 Å². The normalized spacial score (nSPS) is 28.7. The average Bonchev–Trinajstić information content (AvgIpc) is 3.05. The Morgan fingerprint density at radius 2 is 2.17 bits per heavy atom. The molecule has 1 amide bonds. The van der Waals surface area contributed by atoms with Crippen LogP contribution in [-0.4, -0.2) is 41.0 Å². The summed E-state index contributed by atoms with van der Waals surface area (Å²) in [6.45, 7) is 2.29. The maximum Gasteiger partial charge on any atom is 0.261 e. The highest BCUT2D eigenvalue weighted by Gasteiger charge is 2.42. The van der Waals surface area contributed by atoms with Gasteiger partial charge in [-0.05, 0) is 78.0 Å². The third-order valence-electron chi connectivity index (χ3n) is 5.23. The molecule has 5 rings (SSSR count). The number of carbonyl (C=O) groups excluding carboxylic acids is 1. The molecule has 0 radical (unpaired) electrons. The molecular weight excluding hydrogens is 386 g/mol. The van der Waals surface area contributed by atoms with E-state index in [0.29, 0.717) is 12.0 Å². The molecule has 3 saturated heterocycles. The molecule has 2 bridgehead atoms. The zero-order chi connectivity index (χ0) is 16.5. The number of nitrogens with zero attached hydrogens (tertiary/aromatic N) is 2. The van der Waals surface area contributed by atoms with Gasteiger partial charge in [-0.2, -0.15) is 0 Å². The van der Waals surface area contributed by atoms with E-state index in [1.165, 1.54) is 29.7 Å². The van der Waals surface area contributed by atoms with E-state index in [4.69, 9.17) is 0 Å². The minimum absolute atomic E-state index is 0.0561. The SMILES string of the molecule is O=C(N[C@H]1C2CCN(CC2)[C@@H]1Cc1cccnc1)c1ccc(Br)s1. The number of rotatable bonds is 4. The predicted octanol–water partition coefficient (Wildman–Crippen LogP) is 3.34. The fourth-order valence-electron chi connectivity index (χ4n) is 4.04. The van der Waals surface area contributed by atoms with E-state index in [1.807, 2.05) is 30.6 Å². The molecule has 4 nitrogen and oxygen atoms in total. The van der Waals surface area contributed by atoms with Crippen LogP contribution in [0.3, 0.4) is 0 Å². The van der Waals surface area contributed by atoms with E-state index >= 15 is 0 Å². The lowest BCUT2D eigenvalue weighted by Gasteiger charge is -2.51. The number of pyridine rings is 1. The topological polar surface area (TPSA) is 45.2 Å². The summed E-state index contributed by atoms with van der Waals surface area (Å²) in [4.78, 5) is 20.2. The Morgan fingerprint density at radius 1 is 1.33 bits per heavy atom. The highest BCUT2D eigenvalue weighted by molar-refractivity contribution is 9.11. The molecule has 0 unspecified atom stereocenters. The van der Waals surface area contributed by atoms with Crippen LogP contribution in [0.4, 0.5) is 0 Å². The third-order valence-corrected chi connectivity index (χ3v) is 6.85. The van der Waals surface area contributed by atoms with Gasteiger partial charge in [-0.1, -0.05) is 6.07 Å². The highest BCUT2D eigenvalue weighted by atomic mass is 79.9. The summed E-state index contributed by atoms with van der Waals surface area (Å²) in [6.07, 6.45) is 7.07. The van der Waals surface area contributed by atoms with Crippen LogP contribution in [0.2, 0.25) is 0 Å². The molecule has 0 aromatic carbocycles. The van der Waals surface area contributed by atoms with Gasteiger partial charge in [-0.3, -0.25) is 14.7 Å². The lowest BCUT2D eigenvalue weighted by Crippen LogP contribution is -2.64. The Balaban J connectivity index is 1.53. The zero-order valence-corrected chi connectivity index (χ0v) is 15.7. The third kappa shape index (κ3) is 3.27. The second-order valence-corrected chi connectivity index (χ2v) is 9.07. The Labute approximate surface area is 154 Å². The molecule has 0 saturated carbocycles. The maximum absolute atomic E-state index is 12.6. The van der Waals surface area contributed by atoms with Gasteiger partial charge >= 0.3 is 0 Å². The largest absolute Gasteiger partial charge is 0.347 e. The Morgan fingerprint density at radius 3 is 2.83 bits per heavy atom. The number of hydrogen-bond donors (Lipinski definition) is 1. The molecule has 5 heterocycles. The Bertz CT molecular complexity index is 712. The lowest BCUT2D eigenvalue weighted by atomic mass is 9.77. The number of hydrogen-bond acceptors (Lipinski definition) is 4. The monoisotopic (exact) mass is 405 g/mol. The summed E-state index contributed by atoms with van der Waals surface area (Å²) in [7, 11) is 0. The van der Waals surface area contributed by atoms with E-state index in [1.54, 1.807) is 0 Å². The lowest BCUT2D eigenvalue weighted by molar-refractivity contribution is 0.0137. The summed E-state index contributed by atoms with van der Waals surface area (Å²) >= 11 is 4.93. The van der Waals surface area contributed by atoms with Crippen molar-refractivity contribution in [3.05, 3.63) is 50.9 Å². The standard InChI is InChI=1S/C18H20BrN3OS/c19-16-4-3-15(24-16)18(23)21-17-13-5-8-22(9-6-13)14(17)10-12-2-1-7-20-11-12/h1-4,7,11,13-14,17H,5-6,8-10H2,(H,21,23)/t14-,17+/m1/s1. The number of halogens is 1. The smallest absolute Gasteiger partial charge is 0.261 e. The quantitative estimate of drug-likeness (QED) is 0.847. The molecule has 2 atom stereocenters. The molecule has 2 aromatic rings. The summed E-state index contributed by atoms with van der Waals surface area (Å²) in [6, 6.07) is 8.54. The first kappa shape index (κ1) is 16.2. The van der Waals surface area contributed by atoms with Crippen molar-refractivity contribution in [3.63, 3.8) is 0 Å². The van der Waals surface area contributed by atoms with Gasteiger partial charge in [0.2, 0.25) is 0 Å². The summed E-state index contributed by atoms with van der Waals surface area (Å²) in [5, 5.41) is 3.34. The van der Waals surface area contributed by atoms with Gasteiger partial charge in [-0.25, -0.2) is 0 Å². The molecule has 3 aliphatic rings. The fourth-order valence-corrected chi connectivity index (χ4v) is 5.33. The van der Waals surface area contributed by atoms with Gasteiger partial charge in [0, 0.05) is 24.5 Å². The first-order valence-corrected chi connectivity index (χ1v) is 10.0. The minimum atomic E-state index is 0.0561. The number of carbonyl (C=O) groups is 1. The van der Waals surface area contributed by atoms with E-state index in [-0.39, 0.29) is 11.9 Å². The highest BCUT2D eigenvalue weighted by Crippen LogP contribution is 2.34. The maximum atomic E-state index is 12.6. The molecule has 6 heteroatoms. The number of thiophene rings is 1. The van der Waals surface area contributed by atoms with E-state index in [9.17, 15) is 4.79 Å². The van der Waals surface area contributed by atoms with Crippen LogP contribution in [0.15, 0.2) is 40.4 Å². The van der Waals surface area contributed by atoms with Crippen LogP contribution in [0.25, 0.3) is 0 Å². The van der Waals surface area contributed by atoms with Crippen LogP contribution in [0, 0.1) is 5.92 Å². The predicted molar refractivity (Wildman–Crippen MR) is 99.3 cm³/mol. The minimum Gasteiger partial charge on any atom is -0.347 e. The number of aromatic nitrogens is 1.